The van der Waals surface area contributed by atoms with E-state index in [0.29, 0.717) is 5.92 Å². The molecule has 2 heterocycles. The normalized spacial score (nSPS) is 34.6. The minimum atomic E-state index is -0.427. The summed E-state index contributed by atoms with van der Waals surface area (Å²) in [6, 6.07) is 0.0266. The highest BCUT2D eigenvalue weighted by Crippen LogP contribution is 2.52. The van der Waals surface area contributed by atoms with Crippen LogP contribution in [0.3, 0.4) is 0 Å². The summed E-state index contributed by atoms with van der Waals surface area (Å²) in [6.07, 6.45) is 1.89. The van der Waals surface area contributed by atoms with E-state index in [-0.39, 0.29) is 17.7 Å². The molecule has 3 fully saturated rings. The van der Waals surface area contributed by atoms with E-state index in [4.69, 9.17) is 10.5 Å². The van der Waals surface area contributed by atoms with Crippen molar-refractivity contribution in [3.8, 4) is 0 Å². The van der Waals surface area contributed by atoms with Crippen LogP contribution in [0, 0.1) is 5.92 Å². The molecule has 3 rings (SSSR count). The van der Waals surface area contributed by atoms with Gasteiger partial charge in [-0.3, -0.25) is 0 Å². The van der Waals surface area contributed by atoms with Gasteiger partial charge in [0, 0.05) is 12.6 Å². The Morgan fingerprint density at radius 3 is 2.50 bits per heavy atom. The Hall–Kier alpha value is -0.770. The summed E-state index contributed by atoms with van der Waals surface area (Å²) in [5.41, 5.74) is 5.47. The van der Waals surface area contributed by atoms with E-state index < -0.39 is 5.60 Å². The first-order valence-corrected chi connectivity index (χ1v) is 6.01. The zero-order valence-electron chi connectivity index (χ0n) is 10.6. The fourth-order valence-corrected chi connectivity index (χ4v) is 2.92. The number of nitrogens with two attached hydrogens (primary N) is 1. The molecule has 3 aliphatic rings. The predicted octanol–water partition coefficient (Wildman–Crippen LogP) is 1.73. The van der Waals surface area contributed by atoms with Gasteiger partial charge in [0.15, 0.2) is 0 Å². The molecule has 1 saturated carbocycles. The average Bonchev–Trinajstić information content (AvgIpc) is 2.51. The van der Waals surface area contributed by atoms with E-state index in [9.17, 15) is 4.79 Å². The number of carbonyl (C=O) groups is 1. The highest BCUT2D eigenvalue weighted by molar-refractivity contribution is 5.71. The van der Waals surface area contributed by atoms with Crippen molar-refractivity contribution < 1.29 is 9.53 Å². The lowest BCUT2D eigenvalue weighted by Gasteiger charge is -2.45. The first-order chi connectivity index (χ1) is 7.24. The van der Waals surface area contributed by atoms with Gasteiger partial charge in [0.1, 0.15) is 5.60 Å². The molecule has 16 heavy (non-hydrogen) atoms. The second-order valence-corrected chi connectivity index (χ2v) is 6.26. The van der Waals surface area contributed by atoms with Crippen LogP contribution >= 0.6 is 0 Å². The zero-order valence-corrected chi connectivity index (χ0v) is 10.6. The number of carbonyl (C=O) groups excluding carboxylic acids is 1. The van der Waals surface area contributed by atoms with Gasteiger partial charge in [-0.2, -0.15) is 0 Å². The van der Waals surface area contributed by atoms with Crippen molar-refractivity contribution in [3.05, 3.63) is 0 Å². The molecule has 0 spiro atoms. The highest BCUT2D eigenvalue weighted by Gasteiger charge is 2.60. The molecule has 2 bridgehead atoms. The van der Waals surface area contributed by atoms with Gasteiger partial charge in [0.05, 0.1) is 5.54 Å². The van der Waals surface area contributed by atoms with E-state index in [1.54, 1.807) is 0 Å². The Kier molecular flexibility index (Phi) is 2.46. The summed E-state index contributed by atoms with van der Waals surface area (Å²) in [4.78, 5) is 13.9. The Morgan fingerprint density at radius 1 is 1.50 bits per heavy atom. The summed E-state index contributed by atoms with van der Waals surface area (Å²) in [6.45, 7) is 8.48. The molecule has 0 aromatic carbocycles. The van der Waals surface area contributed by atoms with Crippen molar-refractivity contribution in [1.82, 2.24) is 4.90 Å². The van der Waals surface area contributed by atoms with Gasteiger partial charge < -0.3 is 15.4 Å². The molecule has 1 unspecified atom stereocenters. The van der Waals surface area contributed by atoms with E-state index >= 15 is 0 Å². The van der Waals surface area contributed by atoms with Crippen molar-refractivity contribution in [2.24, 2.45) is 11.7 Å². The number of amides is 1. The van der Waals surface area contributed by atoms with Gasteiger partial charge in [-0.15, -0.1) is 0 Å². The van der Waals surface area contributed by atoms with Crippen molar-refractivity contribution in [2.45, 2.75) is 57.7 Å². The third-order valence-electron chi connectivity index (χ3n) is 3.72. The maximum absolute atomic E-state index is 12.1. The lowest BCUT2D eigenvalue weighted by molar-refractivity contribution is 0.00198. The zero-order chi connectivity index (χ0) is 12.1. The van der Waals surface area contributed by atoms with Crippen LogP contribution < -0.4 is 5.73 Å². The van der Waals surface area contributed by atoms with Gasteiger partial charge in [-0.05, 0) is 46.5 Å². The van der Waals surface area contributed by atoms with E-state index in [1.165, 1.54) is 0 Å². The quantitative estimate of drug-likeness (QED) is 0.741. The molecule has 1 aliphatic carbocycles. The molecule has 0 aromatic heterocycles. The van der Waals surface area contributed by atoms with Crippen LogP contribution in [0.5, 0.6) is 0 Å². The number of nitrogens with zero attached hydrogens (tertiary/aromatic N) is 1. The van der Waals surface area contributed by atoms with Crippen LogP contribution in [0.15, 0.2) is 0 Å². The topological polar surface area (TPSA) is 55.6 Å². The highest BCUT2D eigenvalue weighted by atomic mass is 16.6. The van der Waals surface area contributed by atoms with Crippen molar-refractivity contribution in [3.63, 3.8) is 0 Å². The molecule has 0 aromatic rings. The number of hydrogen-bond donors (Lipinski definition) is 1. The summed E-state index contributed by atoms with van der Waals surface area (Å²) in [5.74, 6) is 0.638. The van der Waals surface area contributed by atoms with Crippen molar-refractivity contribution in [2.75, 3.05) is 6.54 Å². The summed E-state index contributed by atoms with van der Waals surface area (Å²) < 4.78 is 5.43. The second-order valence-electron chi connectivity index (χ2n) is 6.26. The van der Waals surface area contributed by atoms with Crippen LogP contribution in [0.25, 0.3) is 0 Å². The van der Waals surface area contributed by atoms with E-state index in [1.807, 2.05) is 32.6 Å². The molecular formula is C12H22N2O2. The molecule has 4 nitrogen and oxygen atoms in total. The Morgan fingerprint density at radius 2 is 2.06 bits per heavy atom. The van der Waals surface area contributed by atoms with Crippen molar-refractivity contribution in [1.29, 1.82) is 0 Å². The SMILES string of the molecule is CC(N)C12CC(CN1C(=O)OC(C)(C)C)C2. The number of hydrogen-bond acceptors (Lipinski definition) is 3. The Labute approximate surface area is 97.1 Å². The molecule has 2 N–H and O–H groups in total. The monoisotopic (exact) mass is 226 g/mol. The van der Waals surface area contributed by atoms with Crippen LogP contribution in [0.1, 0.15) is 40.5 Å². The molecule has 1 atom stereocenters. The van der Waals surface area contributed by atoms with Crippen LogP contribution in [0.4, 0.5) is 4.79 Å². The van der Waals surface area contributed by atoms with Gasteiger partial charge in [-0.25, -0.2) is 4.79 Å². The molecule has 2 aliphatic heterocycles. The third-order valence-corrected chi connectivity index (χ3v) is 3.72. The fourth-order valence-electron chi connectivity index (χ4n) is 2.92. The van der Waals surface area contributed by atoms with Gasteiger partial charge >= 0.3 is 6.09 Å². The van der Waals surface area contributed by atoms with Crippen molar-refractivity contribution >= 4 is 6.09 Å². The molecule has 1 amide bonds. The Balaban J connectivity index is 2.08. The van der Waals surface area contributed by atoms with Gasteiger partial charge in [0.25, 0.3) is 0 Å². The summed E-state index contributed by atoms with van der Waals surface area (Å²) in [5, 5.41) is 0. The lowest BCUT2D eigenvalue weighted by Crippen LogP contribution is -2.59. The number of fused-ring (bicyclic) bond motifs is 1. The third kappa shape index (κ3) is 1.69. The minimum absolute atomic E-state index is 0.0266. The van der Waals surface area contributed by atoms with Crippen LogP contribution in [-0.2, 0) is 4.74 Å². The minimum Gasteiger partial charge on any atom is -0.444 e. The van der Waals surface area contributed by atoms with Crippen LogP contribution in [0.2, 0.25) is 0 Å². The number of rotatable bonds is 1. The standard InChI is InChI=1S/C12H22N2O2/c1-8(13)12-5-9(6-12)7-14(12)10(15)16-11(2,3)4/h8-9H,5-7,13H2,1-4H3. The van der Waals surface area contributed by atoms with E-state index in [2.05, 4.69) is 0 Å². The molecular weight excluding hydrogens is 204 g/mol. The Bertz CT molecular complexity index is 301. The first-order valence-electron chi connectivity index (χ1n) is 6.01. The fraction of sp³-hybridized carbons (Fsp3) is 0.917. The average molecular weight is 226 g/mol. The second kappa shape index (κ2) is 3.36. The predicted molar refractivity (Wildman–Crippen MR) is 62.0 cm³/mol. The number of ether oxygens (including phenoxy) is 1. The summed E-state index contributed by atoms with van der Waals surface area (Å²) >= 11 is 0. The van der Waals surface area contributed by atoms with E-state index in [0.717, 1.165) is 19.4 Å². The van der Waals surface area contributed by atoms with Gasteiger partial charge in [0.2, 0.25) is 0 Å². The molecule has 2 saturated heterocycles. The first kappa shape index (κ1) is 11.7. The molecule has 0 radical (unpaired) electrons. The smallest absolute Gasteiger partial charge is 0.410 e. The largest absolute Gasteiger partial charge is 0.444 e. The molecule has 92 valence electrons. The maximum atomic E-state index is 12.1. The molecule has 4 heteroatoms. The van der Waals surface area contributed by atoms with Gasteiger partial charge in [-0.1, -0.05) is 0 Å². The van der Waals surface area contributed by atoms with Crippen LogP contribution in [-0.4, -0.2) is 34.7 Å². The lowest BCUT2D eigenvalue weighted by atomic mass is 9.69. The summed E-state index contributed by atoms with van der Waals surface area (Å²) in [7, 11) is 0. The maximum Gasteiger partial charge on any atom is 0.410 e.